The number of hydrogen-bond acceptors (Lipinski definition) is 4. The molecule has 3 unspecified atom stereocenters. The van der Waals surface area contributed by atoms with Gasteiger partial charge in [-0.1, -0.05) is 45.0 Å². The first-order valence-corrected chi connectivity index (χ1v) is 10.6. The third kappa shape index (κ3) is 4.79. The second-order valence-electron chi connectivity index (χ2n) is 9.35. The van der Waals surface area contributed by atoms with Crippen LogP contribution in [0.4, 0.5) is 4.39 Å². The molecule has 31 heavy (non-hydrogen) atoms. The summed E-state index contributed by atoms with van der Waals surface area (Å²) in [6, 6.07) is 5.92. The SMILES string of the molecule is CC(NC(=O)C1CCCN1C(=O)C(N)C(C)(C)C)c1ccc(-c2c(F)cnn2C)cc1. The summed E-state index contributed by atoms with van der Waals surface area (Å²) in [5.41, 5.74) is 7.79. The molecule has 2 heterocycles. The lowest BCUT2D eigenvalue weighted by Gasteiger charge is -2.33. The summed E-state index contributed by atoms with van der Waals surface area (Å²) in [5, 5.41) is 6.94. The number of amides is 2. The fourth-order valence-electron chi connectivity index (χ4n) is 3.91. The molecule has 0 radical (unpaired) electrons. The molecule has 2 amide bonds. The minimum Gasteiger partial charge on any atom is -0.348 e. The Morgan fingerprint density at radius 1 is 1.26 bits per heavy atom. The van der Waals surface area contributed by atoms with Crippen molar-refractivity contribution in [2.24, 2.45) is 18.2 Å². The lowest BCUT2D eigenvalue weighted by Crippen LogP contribution is -2.55. The number of carbonyl (C=O) groups is 2. The van der Waals surface area contributed by atoms with Gasteiger partial charge >= 0.3 is 0 Å². The van der Waals surface area contributed by atoms with Gasteiger partial charge in [-0.2, -0.15) is 5.10 Å². The number of nitrogens with two attached hydrogens (primary N) is 1. The van der Waals surface area contributed by atoms with Crippen molar-refractivity contribution in [1.29, 1.82) is 0 Å². The summed E-state index contributed by atoms with van der Waals surface area (Å²) in [6.45, 7) is 8.19. The largest absolute Gasteiger partial charge is 0.348 e. The van der Waals surface area contributed by atoms with Gasteiger partial charge < -0.3 is 16.0 Å². The molecule has 1 aliphatic heterocycles. The van der Waals surface area contributed by atoms with Crippen LogP contribution in [0.3, 0.4) is 0 Å². The Morgan fingerprint density at radius 3 is 2.45 bits per heavy atom. The summed E-state index contributed by atoms with van der Waals surface area (Å²) in [6.07, 6.45) is 2.59. The van der Waals surface area contributed by atoms with Gasteiger partial charge in [-0.3, -0.25) is 14.3 Å². The van der Waals surface area contributed by atoms with Crippen molar-refractivity contribution in [3.63, 3.8) is 0 Å². The zero-order valence-electron chi connectivity index (χ0n) is 18.9. The van der Waals surface area contributed by atoms with E-state index in [1.165, 1.54) is 10.9 Å². The highest BCUT2D eigenvalue weighted by Gasteiger charge is 2.39. The predicted octanol–water partition coefficient (Wildman–Crippen LogP) is 2.77. The summed E-state index contributed by atoms with van der Waals surface area (Å²) in [5.74, 6) is -0.738. The summed E-state index contributed by atoms with van der Waals surface area (Å²) in [7, 11) is 1.69. The molecule has 1 saturated heterocycles. The van der Waals surface area contributed by atoms with E-state index in [0.29, 0.717) is 24.2 Å². The third-order valence-electron chi connectivity index (χ3n) is 5.97. The van der Waals surface area contributed by atoms with Gasteiger partial charge in [0.1, 0.15) is 11.7 Å². The number of halogens is 1. The van der Waals surface area contributed by atoms with Gasteiger partial charge in [0, 0.05) is 19.2 Å². The van der Waals surface area contributed by atoms with Gasteiger partial charge in [-0.05, 0) is 30.7 Å². The molecule has 168 valence electrons. The van der Waals surface area contributed by atoms with Crippen LogP contribution in [0.25, 0.3) is 11.3 Å². The molecule has 3 atom stereocenters. The molecule has 3 rings (SSSR count). The van der Waals surface area contributed by atoms with E-state index in [0.717, 1.165) is 12.0 Å². The van der Waals surface area contributed by atoms with E-state index in [1.54, 1.807) is 11.9 Å². The van der Waals surface area contributed by atoms with Crippen LogP contribution in [0.2, 0.25) is 0 Å². The van der Waals surface area contributed by atoms with Gasteiger partial charge in [0.15, 0.2) is 5.82 Å². The van der Waals surface area contributed by atoms with Crippen LogP contribution in [-0.2, 0) is 16.6 Å². The maximum absolute atomic E-state index is 14.0. The van der Waals surface area contributed by atoms with Crippen LogP contribution in [0.15, 0.2) is 30.5 Å². The van der Waals surface area contributed by atoms with Crippen molar-refractivity contribution >= 4 is 11.8 Å². The van der Waals surface area contributed by atoms with Crippen molar-refractivity contribution in [2.75, 3.05) is 6.54 Å². The van der Waals surface area contributed by atoms with E-state index >= 15 is 0 Å². The van der Waals surface area contributed by atoms with E-state index in [2.05, 4.69) is 10.4 Å². The second-order valence-corrected chi connectivity index (χ2v) is 9.35. The van der Waals surface area contributed by atoms with E-state index < -0.39 is 12.1 Å². The highest BCUT2D eigenvalue weighted by Crippen LogP contribution is 2.26. The molecule has 7 nitrogen and oxygen atoms in total. The maximum Gasteiger partial charge on any atom is 0.243 e. The van der Waals surface area contributed by atoms with Crippen molar-refractivity contribution in [3.8, 4) is 11.3 Å². The smallest absolute Gasteiger partial charge is 0.243 e. The van der Waals surface area contributed by atoms with E-state index in [-0.39, 0.29) is 29.1 Å². The Morgan fingerprint density at radius 2 is 1.90 bits per heavy atom. The van der Waals surface area contributed by atoms with E-state index in [1.807, 2.05) is 52.0 Å². The Bertz CT molecular complexity index is 928. The highest BCUT2D eigenvalue weighted by atomic mass is 19.1. The van der Waals surface area contributed by atoms with Gasteiger partial charge in [0.2, 0.25) is 11.8 Å². The molecule has 3 N–H and O–H groups in total. The van der Waals surface area contributed by atoms with Crippen molar-refractivity contribution < 1.29 is 14.0 Å². The number of hydrogen-bond donors (Lipinski definition) is 2. The van der Waals surface area contributed by atoms with Gasteiger partial charge in [0.25, 0.3) is 0 Å². The number of rotatable bonds is 5. The number of aryl methyl sites for hydroxylation is 1. The molecular formula is C23H32FN5O2. The fourth-order valence-corrected chi connectivity index (χ4v) is 3.91. The average molecular weight is 430 g/mol. The lowest BCUT2D eigenvalue weighted by molar-refractivity contribution is -0.141. The second kappa shape index (κ2) is 8.78. The maximum atomic E-state index is 14.0. The monoisotopic (exact) mass is 429 g/mol. The highest BCUT2D eigenvalue weighted by molar-refractivity contribution is 5.90. The van der Waals surface area contributed by atoms with Crippen molar-refractivity contribution in [1.82, 2.24) is 20.0 Å². The van der Waals surface area contributed by atoms with Crippen LogP contribution in [0, 0.1) is 11.2 Å². The molecule has 1 aromatic carbocycles. The number of likely N-dealkylation sites (tertiary alicyclic amines) is 1. The normalized spacial score (nSPS) is 18.7. The molecule has 1 fully saturated rings. The Balaban J connectivity index is 1.68. The lowest BCUT2D eigenvalue weighted by atomic mass is 9.86. The molecule has 0 bridgehead atoms. The van der Waals surface area contributed by atoms with Crippen molar-refractivity contribution in [3.05, 3.63) is 41.8 Å². The third-order valence-corrected chi connectivity index (χ3v) is 5.97. The van der Waals surface area contributed by atoms with E-state index in [9.17, 15) is 14.0 Å². The van der Waals surface area contributed by atoms with Crippen LogP contribution in [-0.4, -0.2) is 45.1 Å². The zero-order chi connectivity index (χ0) is 22.9. The quantitative estimate of drug-likeness (QED) is 0.764. The first-order chi connectivity index (χ1) is 14.5. The van der Waals surface area contributed by atoms with Gasteiger partial charge in [0.05, 0.1) is 18.3 Å². The van der Waals surface area contributed by atoms with Gasteiger partial charge in [-0.15, -0.1) is 0 Å². The van der Waals surface area contributed by atoms with Crippen LogP contribution in [0.5, 0.6) is 0 Å². The molecular weight excluding hydrogens is 397 g/mol. The first kappa shape index (κ1) is 22.9. The molecule has 0 aliphatic carbocycles. The number of benzene rings is 1. The number of nitrogens with one attached hydrogen (secondary N) is 1. The summed E-state index contributed by atoms with van der Waals surface area (Å²) in [4.78, 5) is 27.4. The Labute approximate surface area is 182 Å². The standard InChI is InChI=1S/C23H32FN5O2/c1-14(15-8-10-16(11-9-15)19-17(24)13-26-28(19)5)27-21(30)18-7-6-12-29(18)22(31)20(25)23(2,3)4/h8-11,13-14,18,20H,6-7,12,25H2,1-5H3,(H,27,30). The topological polar surface area (TPSA) is 93.2 Å². The summed E-state index contributed by atoms with van der Waals surface area (Å²) < 4.78 is 15.4. The molecule has 8 heteroatoms. The predicted molar refractivity (Wildman–Crippen MR) is 117 cm³/mol. The summed E-state index contributed by atoms with van der Waals surface area (Å²) >= 11 is 0. The van der Waals surface area contributed by atoms with Crippen LogP contribution < -0.4 is 11.1 Å². The minimum atomic E-state index is -0.654. The first-order valence-electron chi connectivity index (χ1n) is 10.6. The van der Waals surface area contributed by atoms with Crippen LogP contribution >= 0.6 is 0 Å². The molecule has 1 aliphatic rings. The number of aromatic nitrogens is 2. The molecule has 2 aromatic rings. The number of nitrogens with zero attached hydrogens (tertiary/aromatic N) is 3. The molecule has 0 saturated carbocycles. The van der Waals surface area contributed by atoms with Gasteiger partial charge in [-0.25, -0.2) is 4.39 Å². The Kier molecular flexibility index (Phi) is 6.50. The van der Waals surface area contributed by atoms with E-state index in [4.69, 9.17) is 5.73 Å². The molecule has 1 aromatic heterocycles. The average Bonchev–Trinajstić information content (AvgIpc) is 3.33. The number of carbonyl (C=O) groups excluding carboxylic acids is 2. The van der Waals surface area contributed by atoms with Crippen LogP contribution in [0.1, 0.15) is 52.1 Å². The fraction of sp³-hybridized carbons (Fsp3) is 0.522. The zero-order valence-corrected chi connectivity index (χ0v) is 18.9. The minimum absolute atomic E-state index is 0.179. The Hall–Kier alpha value is -2.74. The molecule has 0 spiro atoms. The van der Waals surface area contributed by atoms with Crippen molar-refractivity contribution in [2.45, 2.75) is 58.7 Å².